The number of nitrogens with zero attached hydrogens (tertiary/aromatic N) is 3. The molecule has 2 bridgehead atoms. The number of piperidine rings is 3. The summed E-state index contributed by atoms with van der Waals surface area (Å²) in [5.41, 5.74) is 3.37. The van der Waals surface area contributed by atoms with Gasteiger partial charge in [-0.1, -0.05) is 36.8 Å². The molecule has 2 aromatic rings. The van der Waals surface area contributed by atoms with Crippen LogP contribution < -0.4 is 0 Å². The number of hydrogen-bond acceptors (Lipinski definition) is 3. The molecule has 29 heavy (non-hydrogen) atoms. The van der Waals surface area contributed by atoms with E-state index in [2.05, 4.69) is 50.1 Å². The predicted octanol–water partition coefficient (Wildman–Crippen LogP) is 3.20. The number of imidazole rings is 1. The van der Waals surface area contributed by atoms with E-state index in [1.807, 2.05) is 6.92 Å². The van der Waals surface area contributed by atoms with Gasteiger partial charge in [0.15, 0.2) is 0 Å². The van der Waals surface area contributed by atoms with Gasteiger partial charge in [0.05, 0.1) is 18.4 Å². The van der Waals surface area contributed by atoms with E-state index in [0.29, 0.717) is 30.3 Å². The van der Waals surface area contributed by atoms with E-state index < -0.39 is 0 Å². The molecule has 3 aliphatic heterocycles. The van der Waals surface area contributed by atoms with Crippen LogP contribution in [0.5, 0.6) is 0 Å². The van der Waals surface area contributed by atoms with Gasteiger partial charge in [0.2, 0.25) is 5.91 Å². The maximum absolute atomic E-state index is 13.0. The summed E-state index contributed by atoms with van der Waals surface area (Å²) in [4.78, 5) is 25.4. The second-order valence-corrected chi connectivity index (χ2v) is 9.35. The number of carbonyl (C=O) groups is 1. The fraction of sp³-hybridized carbons (Fsp3) is 0.583. The van der Waals surface area contributed by atoms with Gasteiger partial charge in [0.1, 0.15) is 0 Å². The first kappa shape index (κ1) is 18.9. The van der Waals surface area contributed by atoms with Gasteiger partial charge in [0.25, 0.3) is 0 Å². The molecule has 3 aliphatic rings. The van der Waals surface area contributed by atoms with E-state index in [4.69, 9.17) is 0 Å². The molecule has 5 rings (SSSR count). The third kappa shape index (κ3) is 3.85. The number of hydrogen-bond donors (Lipinski definition) is 1. The van der Waals surface area contributed by atoms with Crippen molar-refractivity contribution in [3.8, 4) is 0 Å². The van der Waals surface area contributed by atoms with Gasteiger partial charge in [-0.15, -0.1) is 0 Å². The Morgan fingerprint density at radius 3 is 2.83 bits per heavy atom. The van der Waals surface area contributed by atoms with Gasteiger partial charge in [-0.25, -0.2) is 4.98 Å². The van der Waals surface area contributed by atoms with Crippen LogP contribution in [-0.2, 0) is 17.6 Å². The molecule has 1 aromatic carbocycles. The van der Waals surface area contributed by atoms with Crippen molar-refractivity contribution in [2.24, 2.45) is 11.8 Å². The molecular formula is C24H32N4O. The fourth-order valence-electron chi connectivity index (χ4n) is 6.04. The largest absolute Gasteiger partial charge is 0.348 e. The first-order chi connectivity index (χ1) is 14.2. The molecule has 4 atom stereocenters. The number of amides is 1. The molecule has 0 radical (unpaired) electrons. The van der Waals surface area contributed by atoms with Gasteiger partial charge in [-0.2, -0.15) is 0 Å². The van der Waals surface area contributed by atoms with Crippen molar-refractivity contribution >= 4 is 5.91 Å². The lowest BCUT2D eigenvalue weighted by Gasteiger charge is -2.55. The number of aryl methyl sites for hydroxylation is 1. The van der Waals surface area contributed by atoms with E-state index in [0.717, 1.165) is 37.4 Å². The molecule has 4 heterocycles. The smallest absolute Gasteiger partial charge is 0.228 e. The minimum absolute atomic E-state index is 0.250. The standard InChI is InChI=1S/C24H32N4O/c1-17-22(26-16-25-17)12-24(29)27-13-19-10-20(15-27)23-9-5-8-21(28(23)14-19)11-18-6-3-2-4-7-18/h2-4,6-7,16,19-21,23H,5,8-15H2,1H3,(H,25,26)/t19-,20+,21+,23-/m0/s1. The zero-order valence-corrected chi connectivity index (χ0v) is 17.4. The molecule has 0 saturated carbocycles. The van der Waals surface area contributed by atoms with Gasteiger partial charge in [-0.05, 0) is 50.0 Å². The third-order valence-electron chi connectivity index (χ3n) is 7.43. The van der Waals surface area contributed by atoms with E-state index in [1.54, 1.807) is 6.33 Å². The van der Waals surface area contributed by atoms with Crippen molar-refractivity contribution in [3.05, 3.63) is 53.6 Å². The van der Waals surface area contributed by atoms with Crippen LogP contribution in [0.15, 0.2) is 36.7 Å². The number of aromatic amines is 1. The second-order valence-electron chi connectivity index (χ2n) is 9.35. The SMILES string of the molecule is Cc1[nH]cnc1CC(=O)N1C[C@@H]2C[C@H](C1)[C@@H]1CCC[C@H](Cc3ccccc3)N1C2. The first-order valence-electron chi connectivity index (χ1n) is 11.2. The molecule has 1 amide bonds. The van der Waals surface area contributed by atoms with Crippen molar-refractivity contribution in [2.45, 2.75) is 57.5 Å². The summed E-state index contributed by atoms with van der Waals surface area (Å²) < 4.78 is 0. The Hall–Kier alpha value is -2.14. The Kier molecular flexibility index (Phi) is 5.17. The fourth-order valence-corrected chi connectivity index (χ4v) is 6.04. The summed E-state index contributed by atoms with van der Waals surface area (Å²) in [5.74, 6) is 1.50. The average molecular weight is 393 g/mol. The van der Waals surface area contributed by atoms with E-state index in [1.165, 1.54) is 31.2 Å². The third-order valence-corrected chi connectivity index (χ3v) is 7.43. The highest BCUT2D eigenvalue weighted by molar-refractivity contribution is 5.78. The second kappa shape index (κ2) is 7.94. The van der Waals surface area contributed by atoms with Crippen LogP contribution in [0.4, 0.5) is 0 Å². The average Bonchev–Trinajstić information content (AvgIpc) is 3.13. The number of carbonyl (C=O) groups excluding carboxylic acids is 1. The van der Waals surface area contributed by atoms with Crippen LogP contribution in [0.1, 0.15) is 42.6 Å². The minimum atomic E-state index is 0.250. The molecule has 154 valence electrons. The van der Waals surface area contributed by atoms with Gasteiger partial charge < -0.3 is 9.88 Å². The van der Waals surface area contributed by atoms with Crippen LogP contribution in [0.2, 0.25) is 0 Å². The maximum atomic E-state index is 13.0. The molecule has 0 unspecified atom stereocenters. The zero-order chi connectivity index (χ0) is 19.8. The summed E-state index contributed by atoms with van der Waals surface area (Å²) >= 11 is 0. The molecule has 1 N–H and O–H groups in total. The highest BCUT2D eigenvalue weighted by Gasteiger charge is 2.45. The Balaban J connectivity index is 1.27. The van der Waals surface area contributed by atoms with Gasteiger partial charge in [0, 0.05) is 37.4 Å². The Morgan fingerprint density at radius 2 is 2.03 bits per heavy atom. The number of fused-ring (bicyclic) bond motifs is 4. The van der Waals surface area contributed by atoms with Crippen molar-refractivity contribution in [1.82, 2.24) is 19.8 Å². The molecule has 5 nitrogen and oxygen atoms in total. The number of aromatic nitrogens is 2. The molecule has 5 heteroatoms. The Labute approximate surface area is 173 Å². The Bertz CT molecular complexity index is 848. The minimum Gasteiger partial charge on any atom is -0.348 e. The summed E-state index contributed by atoms with van der Waals surface area (Å²) in [5, 5.41) is 0. The normalized spacial score (nSPS) is 29.5. The maximum Gasteiger partial charge on any atom is 0.228 e. The van der Waals surface area contributed by atoms with Gasteiger partial charge in [-0.3, -0.25) is 9.69 Å². The van der Waals surface area contributed by atoms with Gasteiger partial charge >= 0.3 is 0 Å². The summed E-state index contributed by atoms with van der Waals surface area (Å²) in [6.07, 6.45) is 8.51. The monoisotopic (exact) mass is 392 g/mol. The van der Waals surface area contributed by atoms with Crippen LogP contribution in [-0.4, -0.2) is 57.4 Å². The predicted molar refractivity (Wildman–Crippen MR) is 113 cm³/mol. The quantitative estimate of drug-likeness (QED) is 0.869. The summed E-state index contributed by atoms with van der Waals surface area (Å²) in [6, 6.07) is 12.3. The van der Waals surface area contributed by atoms with Crippen molar-refractivity contribution in [1.29, 1.82) is 0 Å². The highest BCUT2D eigenvalue weighted by Crippen LogP contribution is 2.40. The van der Waals surface area contributed by atoms with Crippen molar-refractivity contribution in [3.63, 3.8) is 0 Å². The number of rotatable bonds is 4. The number of likely N-dealkylation sites (tertiary alicyclic amines) is 1. The molecule has 1 aromatic heterocycles. The Morgan fingerprint density at radius 1 is 1.17 bits per heavy atom. The molecule has 3 fully saturated rings. The van der Waals surface area contributed by atoms with E-state index in [-0.39, 0.29) is 5.91 Å². The lowest BCUT2D eigenvalue weighted by atomic mass is 9.74. The lowest BCUT2D eigenvalue weighted by molar-refractivity contribution is -0.138. The van der Waals surface area contributed by atoms with Crippen molar-refractivity contribution < 1.29 is 4.79 Å². The van der Waals surface area contributed by atoms with Crippen LogP contribution in [0.3, 0.4) is 0 Å². The number of benzene rings is 1. The topological polar surface area (TPSA) is 52.2 Å². The summed E-state index contributed by atoms with van der Waals surface area (Å²) in [6.45, 7) is 5.00. The molecular weight excluding hydrogens is 360 g/mol. The molecule has 0 aliphatic carbocycles. The van der Waals surface area contributed by atoms with Crippen molar-refractivity contribution in [2.75, 3.05) is 19.6 Å². The van der Waals surface area contributed by atoms with Crippen LogP contribution >= 0.6 is 0 Å². The number of H-pyrrole nitrogens is 1. The first-order valence-corrected chi connectivity index (χ1v) is 11.2. The summed E-state index contributed by atoms with van der Waals surface area (Å²) in [7, 11) is 0. The van der Waals surface area contributed by atoms with Crippen LogP contribution in [0.25, 0.3) is 0 Å². The number of nitrogens with one attached hydrogen (secondary N) is 1. The van der Waals surface area contributed by atoms with Crippen LogP contribution in [0, 0.1) is 18.8 Å². The van der Waals surface area contributed by atoms with E-state index >= 15 is 0 Å². The zero-order valence-electron chi connectivity index (χ0n) is 17.4. The molecule has 3 saturated heterocycles. The highest BCUT2D eigenvalue weighted by atomic mass is 16.2. The van der Waals surface area contributed by atoms with E-state index in [9.17, 15) is 4.79 Å². The lowest BCUT2D eigenvalue weighted by Crippen LogP contribution is -2.62. The molecule has 0 spiro atoms.